The van der Waals surface area contributed by atoms with Crippen LogP contribution in [0.2, 0.25) is 0 Å². The quantitative estimate of drug-likeness (QED) is 0.713. The van der Waals surface area contributed by atoms with Gasteiger partial charge in [0, 0.05) is 50.1 Å². The number of aromatic nitrogens is 4. The largest absolute Gasteiger partial charge is 0.354 e. The Balaban J connectivity index is 1.33. The van der Waals surface area contributed by atoms with Gasteiger partial charge in [-0.15, -0.1) is 0 Å². The number of anilines is 1. The second-order valence-electron chi connectivity index (χ2n) is 7.40. The SMILES string of the molecule is CCn1cnc2c(N3CC4CN(C(=O)c5ccccc5)CC4C3)ncnc21. The average Bonchev–Trinajstić information content (AvgIpc) is 3.40. The normalized spacial score (nSPS) is 21.8. The molecule has 0 radical (unpaired) electrons. The Bertz CT molecular complexity index is 971. The average molecular weight is 362 g/mol. The fourth-order valence-electron chi connectivity index (χ4n) is 4.43. The summed E-state index contributed by atoms with van der Waals surface area (Å²) in [6.45, 7) is 6.37. The van der Waals surface area contributed by atoms with Crippen molar-refractivity contribution >= 4 is 22.9 Å². The summed E-state index contributed by atoms with van der Waals surface area (Å²) < 4.78 is 2.04. The molecular formula is C20H22N6O. The van der Waals surface area contributed by atoms with E-state index in [0.29, 0.717) is 11.8 Å². The minimum atomic E-state index is 0.141. The standard InChI is InChI=1S/C20H22N6O/c1-2-24-13-23-17-18(24)21-12-22-19(17)25-8-15-10-26(11-16(15)9-25)20(27)14-6-4-3-5-7-14/h3-7,12-13,15-16H,2,8-11H2,1H3. The van der Waals surface area contributed by atoms with E-state index in [1.165, 1.54) is 0 Å². The predicted molar refractivity (Wildman–Crippen MR) is 103 cm³/mol. The number of carbonyl (C=O) groups excluding carboxylic acids is 1. The number of hydrogen-bond acceptors (Lipinski definition) is 5. The molecule has 0 spiro atoms. The van der Waals surface area contributed by atoms with Gasteiger partial charge in [-0.3, -0.25) is 4.79 Å². The molecule has 2 saturated heterocycles. The second kappa shape index (κ2) is 6.33. The molecule has 0 aliphatic carbocycles. The van der Waals surface area contributed by atoms with Crippen LogP contribution in [0.3, 0.4) is 0 Å². The molecule has 3 aromatic rings. The highest BCUT2D eigenvalue weighted by atomic mass is 16.2. The molecule has 0 bridgehead atoms. The van der Waals surface area contributed by atoms with Crippen LogP contribution in [0.15, 0.2) is 43.0 Å². The van der Waals surface area contributed by atoms with Crippen LogP contribution in [0.5, 0.6) is 0 Å². The summed E-state index contributed by atoms with van der Waals surface area (Å²) in [5.74, 6) is 2.03. The Kier molecular flexibility index (Phi) is 3.81. The van der Waals surface area contributed by atoms with Gasteiger partial charge in [0.2, 0.25) is 0 Å². The van der Waals surface area contributed by atoms with Crippen molar-refractivity contribution < 1.29 is 4.79 Å². The molecule has 7 heteroatoms. The van der Waals surface area contributed by atoms with Crippen LogP contribution >= 0.6 is 0 Å². The van der Waals surface area contributed by atoms with Gasteiger partial charge >= 0.3 is 0 Å². The lowest BCUT2D eigenvalue weighted by Gasteiger charge is -2.22. The first kappa shape index (κ1) is 16.2. The number of likely N-dealkylation sites (tertiary alicyclic amines) is 1. The predicted octanol–water partition coefficient (Wildman–Crippen LogP) is 2.05. The minimum absolute atomic E-state index is 0.141. The summed E-state index contributed by atoms with van der Waals surface area (Å²) >= 11 is 0. The van der Waals surface area contributed by atoms with Crippen molar-refractivity contribution in [3.63, 3.8) is 0 Å². The molecular weight excluding hydrogens is 340 g/mol. The van der Waals surface area contributed by atoms with E-state index in [-0.39, 0.29) is 5.91 Å². The number of carbonyl (C=O) groups is 1. The Hall–Kier alpha value is -2.96. The molecule has 2 aliphatic heterocycles. The van der Waals surface area contributed by atoms with E-state index in [1.54, 1.807) is 6.33 Å². The number of fused-ring (bicyclic) bond motifs is 2. The minimum Gasteiger partial charge on any atom is -0.354 e. The van der Waals surface area contributed by atoms with Gasteiger partial charge in [0.25, 0.3) is 5.91 Å². The third kappa shape index (κ3) is 2.65. The molecule has 0 saturated carbocycles. The first-order valence-electron chi connectivity index (χ1n) is 9.49. The van der Waals surface area contributed by atoms with Crippen molar-refractivity contribution in [3.8, 4) is 0 Å². The van der Waals surface area contributed by atoms with Crippen molar-refractivity contribution in [2.75, 3.05) is 31.1 Å². The van der Waals surface area contributed by atoms with Crippen LogP contribution in [0, 0.1) is 11.8 Å². The summed E-state index contributed by atoms with van der Waals surface area (Å²) in [4.78, 5) is 30.5. The molecule has 138 valence electrons. The molecule has 1 amide bonds. The van der Waals surface area contributed by atoms with Crippen molar-refractivity contribution in [1.82, 2.24) is 24.4 Å². The highest BCUT2D eigenvalue weighted by molar-refractivity contribution is 5.94. The molecule has 1 aromatic carbocycles. The summed E-state index contributed by atoms with van der Waals surface area (Å²) in [5, 5.41) is 0. The number of aryl methyl sites for hydroxylation is 1. The summed E-state index contributed by atoms with van der Waals surface area (Å²) in [6, 6.07) is 9.56. The zero-order chi connectivity index (χ0) is 18.4. The summed E-state index contributed by atoms with van der Waals surface area (Å²) in [7, 11) is 0. The van der Waals surface area contributed by atoms with Crippen LogP contribution in [-0.2, 0) is 6.54 Å². The van der Waals surface area contributed by atoms with Gasteiger partial charge in [0.1, 0.15) is 6.33 Å². The van der Waals surface area contributed by atoms with Crippen LogP contribution in [0.4, 0.5) is 5.82 Å². The van der Waals surface area contributed by atoms with Gasteiger partial charge in [-0.1, -0.05) is 18.2 Å². The number of rotatable bonds is 3. The van der Waals surface area contributed by atoms with Crippen molar-refractivity contribution in [2.24, 2.45) is 11.8 Å². The smallest absolute Gasteiger partial charge is 0.253 e. The number of amides is 1. The molecule has 2 aliphatic rings. The zero-order valence-corrected chi connectivity index (χ0v) is 15.3. The van der Waals surface area contributed by atoms with Crippen LogP contribution in [0.25, 0.3) is 11.2 Å². The van der Waals surface area contributed by atoms with Crippen LogP contribution in [0.1, 0.15) is 17.3 Å². The van der Waals surface area contributed by atoms with Gasteiger partial charge in [-0.25, -0.2) is 15.0 Å². The number of nitrogens with zero attached hydrogens (tertiary/aromatic N) is 6. The monoisotopic (exact) mass is 362 g/mol. The number of imidazole rings is 1. The Labute approximate surface area is 157 Å². The Morgan fingerprint density at radius 2 is 1.78 bits per heavy atom. The van der Waals surface area contributed by atoms with E-state index in [0.717, 1.165) is 55.3 Å². The van der Waals surface area contributed by atoms with E-state index in [9.17, 15) is 4.79 Å². The van der Waals surface area contributed by atoms with Gasteiger partial charge in [0.05, 0.1) is 6.33 Å². The number of hydrogen-bond donors (Lipinski definition) is 0. The summed E-state index contributed by atoms with van der Waals surface area (Å²) in [5.41, 5.74) is 2.54. The molecule has 4 heterocycles. The molecule has 27 heavy (non-hydrogen) atoms. The fourth-order valence-corrected chi connectivity index (χ4v) is 4.43. The maximum Gasteiger partial charge on any atom is 0.253 e. The highest BCUT2D eigenvalue weighted by Gasteiger charge is 2.42. The maximum atomic E-state index is 12.7. The molecule has 0 N–H and O–H groups in total. The van der Waals surface area contributed by atoms with Gasteiger partial charge in [-0.2, -0.15) is 0 Å². The summed E-state index contributed by atoms with van der Waals surface area (Å²) in [6.07, 6.45) is 3.46. The van der Waals surface area contributed by atoms with Crippen LogP contribution in [-0.4, -0.2) is 56.5 Å². The zero-order valence-electron chi connectivity index (χ0n) is 15.3. The van der Waals surface area contributed by atoms with E-state index in [1.807, 2.05) is 46.1 Å². The Morgan fingerprint density at radius 1 is 1.04 bits per heavy atom. The van der Waals surface area contributed by atoms with Gasteiger partial charge in [0.15, 0.2) is 17.0 Å². The van der Waals surface area contributed by atoms with E-state index < -0.39 is 0 Å². The number of benzene rings is 1. The molecule has 2 fully saturated rings. The lowest BCUT2D eigenvalue weighted by molar-refractivity contribution is 0.0782. The third-order valence-corrected chi connectivity index (χ3v) is 5.82. The first-order chi connectivity index (χ1) is 13.2. The van der Waals surface area contributed by atoms with Gasteiger partial charge < -0.3 is 14.4 Å². The molecule has 2 aromatic heterocycles. The van der Waals surface area contributed by atoms with E-state index in [4.69, 9.17) is 0 Å². The second-order valence-corrected chi connectivity index (χ2v) is 7.40. The molecule has 2 unspecified atom stereocenters. The molecule has 5 rings (SSSR count). The van der Waals surface area contributed by atoms with Crippen molar-refractivity contribution in [3.05, 3.63) is 48.5 Å². The van der Waals surface area contributed by atoms with E-state index in [2.05, 4.69) is 26.8 Å². The highest BCUT2D eigenvalue weighted by Crippen LogP contribution is 2.35. The first-order valence-corrected chi connectivity index (χ1v) is 9.49. The van der Waals surface area contributed by atoms with Crippen molar-refractivity contribution in [2.45, 2.75) is 13.5 Å². The van der Waals surface area contributed by atoms with Crippen LogP contribution < -0.4 is 4.90 Å². The topological polar surface area (TPSA) is 67.2 Å². The molecule has 2 atom stereocenters. The lowest BCUT2D eigenvalue weighted by atomic mass is 10.0. The third-order valence-electron chi connectivity index (χ3n) is 5.82. The molecule has 7 nitrogen and oxygen atoms in total. The maximum absolute atomic E-state index is 12.7. The lowest BCUT2D eigenvalue weighted by Crippen LogP contribution is -2.33. The van der Waals surface area contributed by atoms with Crippen molar-refractivity contribution in [1.29, 1.82) is 0 Å². The Morgan fingerprint density at radius 3 is 2.48 bits per heavy atom. The van der Waals surface area contributed by atoms with Gasteiger partial charge in [-0.05, 0) is 19.1 Å². The fraction of sp³-hybridized carbons (Fsp3) is 0.400. The van der Waals surface area contributed by atoms with E-state index >= 15 is 0 Å².